The van der Waals surface area contributed by atoms with Gasteiger partial charge in [-0.1, -0.05) is 12.5 Å². The Hall–Kier alpha value is -3.19. The van der Waals surface area contributed by atoms with E-state index in [2.05, 4.69) is 26.8 Å². The summed E-state index contributed by atoms with van der Waals surface area (Å²) in [6, 6.07) is 6.45. The number of carbonyl (C=O) groups excluding carboxylic acids is 1. The lowest BCUT2D eigenvalue weighted by molar-refractivity contribution is 0.102. The number of hydrogen-bond donors (Lipinski definition) is 2. The zero-order valence-electron chi connectivity index (χ0n) is 19.0. The lowest BCUT2D eigenvalue weighted by Gasteiger charge is -2.24. The van der Waals surface area contributed by atoms with Crippen LogP contribution in [-0.2, 0) is 7.05 Å². The molecular formula is C25H31N5O2. The Morgan fingerprint density at radius 3 is 2.69 bits per heavy atom. The number of amides is 1. The van der Waals surface area contributed by atoms with Gasteiger partial charge in [-0.05, 0) is 62.9 Å². The average Bonchev–Trinajstić information content (AvgIpc) is 3.20. The van der Waals surface area contributed by atoms with Crippen molar-refractivity contribution in [1.82, 2.24) is 20.1 Å². The van der Waals surface area contributed by atoms with E-state index >= 15 is 0 Å². The molecule has 1 aliphatic heterocycles. The molecule has 1 unspecified atom stereocenters. The van der Waals surface area contributed by atoms with Gasteiger partial charge in [0.2, 0.25) is 0 Å². The zero-order chi connectivity index (χ0) is 22.5. The molecule has 1 saturated heterocycles. The number of carbonyl (C=O) groups is 1. The first-order valence-electron chi connectivity index (χ1n) is 11.2. The Bertz CT molecular complexity index is 1070. The Morgan fingerprint density at radius 1 is 1.19 bits per heavy atom. The second-order valence-electron chi connectivity index (χ2n) is 8.58. The molecule has 0 aliphatic carbocycles. The number of piperidine rings is 1. The Morgan fingerprint density at radius 2 is 2.00 bits per heavy atom. The summed E-state index contributed by atoms with van der Waals surface area (Å²) >= 11 is 0. The molecule has 1 fully saturated rings. The van der Waals surface area contributed by atoms with Crippen LogP contribution in [0.3, 0.4) is 0 Å². The van der Waals surface area contributed by atoms with E-state index in [9.17, 15) is 4.79 Å². The topological polar surface area (TPSA) is 81.1 Å². The lowest BCUT2D eigenvalue weighted by Crippen LogP contribution is -2.35. The molecule has 0 saturated carbocycles. The molecule has 1 amide bonds. The highest BCUT2D eigenvalue weighted by Crippen LogP contribution is 2.33. The van der Waals surface area contributed by atoms with Crippen LogP contribution in [0.1, 0.15) is 47.2 Å². The second kappa shape index (κ2) is 9.96. The Kier molecular flexibility index (Phi) is 6.85. The van der Waals surface area contributed by atoms with Crippen molar-refractivity contribution in [2.75, 3.05) is 18.5 Å². The van der Waals surface area contributed by atoms with Gasteiger partial charge in [-0.25, -0.2) is 0 Å². The van der Waals surface area contributed by atoms with Crippen LogP contribution in [0.15, 0.2) is 43.0 Å². The summed E-state index contributed by atoms with van der Waals surface area (Å²) in [6.07, 6.45) is 11.5. The third kappa shape index (κ3) is 5.34. The fraction of sp³-hybridized carbons (Fsp3) is 0.400. The van der Waals surface area contributed by atoms with Gasteiger partial charge in [-0.3, -0.25) is 14.5 Å². The molecule has 0 radical (unpaired) electrons. The summed E-state index contributed by atoms with van der Waals surface area (Å²) < 4.78 is 7.99. The van der Waals surface area contributed by atoms with E-state index in [4.69, 9.17) is 4.74 Å². The number of hydrogen-bond acceptors (Lipinski definition) is 5. The van der Waals surface area contributed by atoms with E-state index in [1.807, 2.05) is 39.2 Å². The number of nitrogens with zero attached hydrogens (tertiary/aromatic N) is 3. The molecule has 1 aliphatic rings. The predicted octanol–water partition coefficient (Wildman–Crippen LogP) is 4.26. The van der Waals surface area contributed by atoms with Crippen molar-refractivity contribution in [3.8, 4) is 16.9 Å². The molecular weight excluding hydrogens is 402 g/mol. The zero-order valence-corrected chi connectivity index (χ0v) is 19.0. The van der Waals surface area contributed by atoms with Crippen LogP contribution in [0.4, 0.5) is 5.69 Å². The number of aryl methyl sites for hydroxylation is 3. The fourth-order valence-corrected chi connectivity index (χ4v) is 4.25. The molecule has 0 bridgehead atoms. The van der Waals surface area contributed by atoms with Gasteiger partial charge in [-0.2, -0.15) is 5.10 Å². The molecule has 4 rings (SSSR count). The van der Waals surface area contributed by atoms with Crippen molar-refractivity contribution >= 4 is 11.6 Å². The third-order valence-electron chi connectivity index (χ3n) is 5.76. The minimum absolute atomic E-state index is 0.237. The summed E-state index contributed by atoms with van der Waals surface area (Å²) in [5, 5.41) is 10.8. The van der Waals surface area contributed by atoms with Gasteiger partial charge in [0.15, 0.2) is 0 Å². The van der Waals surface area contributed by atoms with Crippen LogP contribution >= 0.6 is 0 Å². The summed E-state index contributed by atoms with van der Waals surface area (Å²) in [6.45, 7) is 5.62. The molecule has 168 valence electrons. The van der Waals surface area contributed by atoms with E-state index < -0.39 is 0 Å². The van der Waals surface area contributed by atoms with Crippen LogP contribution in [0.5, 0.6) is 5.75 Å². The van der Waals surface area contributed by atoms with Crippen molar-refractivity contribution in [2.24, 2.45) is 7.05 Å². The number of benzene rings is 1. The van der Waals surface area contributed by atoms with E-state index in [1.165, 1.54) is 12.8 Å². The van der Waals surface area contributed by atoms with Gasteiger partial charge in [-0.15, -0.1) is 0 Å². The maximum atomic E-state index is 13.2. The largest absolute Gasteiger partial charge is 0.492 e. The SMILES string of the molecule is Cc1cc(C)cc(NC(=O)c2cncc(-c3cnn(C)c3)c2OCCC2CCCCN2)c1. The average molecular weight is 434 g/mol. The monoisotopic (exact) mass is 433 g/mol. The lowest BCUT2D eigenvalue weighted by atomic mass is 10.0. The maximum absolute atomic E-state index is 13.2. The van der Waals surface area contributed by atoms with Gasteiger partial charge in [0.25, 0.3) is 5.91 Å². The quantitative estimate of drug-likeness (QED) is 0.582. The first-order valence-corrected chi connectivity index (χ1v) is 11.2. The molecule has 7 nitrogen and oxygen atoms in total. The highest BCUT2D eigenvalue weighted by atomic mass is 16.5. The van der Waals surface area contributed by atoms with Crippen molar-refractivity contribution in [1.29, 1.82) is 0 Å². The van der Waals surface area contributed by atoms with E-state index in [0.717, 1.165) is 47.3 Å². The second-order valence-corrected chi connectivity index (χ2v) is 8.58. The number of anilines is 1. The maximum Gasteiger partial charge on any atom is 0.261 e. The van der Waals surface area contributed by atoms with Crippen LogP contribution in [0.25, 0.3) is 11.1 Å². The van der Waals surface area contributed by atoms with Gasteiger partial charge in [0, 0.05) is 48.5 Å². The first-order chi connectivity index (χ1) is 15.5. The van der Waals surface area contributed by atoms with Gasteiger partial charge in [0.1, 0.15) is 11.3 Å². The van der Waals surface area contributed by atoms with Crippen LogP contribution < -0.4 is 15.4 Å². The molecule has 2 N–H and O–H groups in total. The van der Waals surface area contributed by atoms with Gasteiger partial charge < -0.3 is 15.4 Å². The Balaban J connectivity index is 1.60. The number of nitrogens with one attached hydrogen (secondary N) is 2. The molecule has 7 heteroatoms. The highest BCUT2D eigenvalue weighted by molar-refractivity contribution is 6.07. The van der Waals surface area contributed by atoms with Crippen LogP contribution in [0, 0.1) is 13.8 Å². The van der Waals surface area contributed by atoms with E-state index in [0.29, 0.717) is 24.0 Å². The third-order valence-corrected chi connectivity index (χ3v) is 5.76. The number of rotatable bonds is 7. The van der Waals surface area contributed by atoms with Gasteiger partial charge in [0.05, 0.1) is 12.8 Å². The van der Waals surface area contributed by atoms with E-state index in [-0.39, 0.29) is 5.91 Å². The molecule has 0 spiro atoms. The normalized spacial score (nSPS) is 16.0. The molecule has 1 atom stereocenters. The summed E-state index contributed by atoms with van der Waals surface area (Å²) in [5.74, 6) is 0.310. The minimum Gasteiger partial charge on any atom is -0.492 e. The smallest absolute Gasteiger partial charge is 0.261 e. The van der Waals surface area contributed by atoms with Crippen LogP contribution in [0.2, 0.25) is 0 Å². The summed E-state index contributed by atoms with van der Waals surface area (Å²) in [5.41, 5.74) is 5.01. The Labute approximate surface area is 189 Å². The van der Waals surface area contributed by atoms with Crippen LogP contribution in [-0.4, -0.2) is 39.9 Å². The summed E-state index contributed by atoms with van der Waals surface area (Å²) in [4.78, 5) is 17.6. The highest BCUT2D eigenvalue weighted by Gasteiger charge is 2.21. The molecule has 2 aromatic heterocycles. The van der Waals surface area contributed by atoms with Crippen molar-refractivity contribution < 1.29 is 9.53 Å². The van der Waals surface area contributed by atoms with E-state index in [1.54, 1.807) is 23.3 Å². The molecule has 32 heavy (non-hydrogen) atoms. The minimum atomic E-state index is -0.237. The molecule has 3 heterocycles. The summed E-state index contributed by atoms with van der Waals surface area (Å²) in [7, 11) is 1.86. The molecule has 3 aromatic rings. The number of pyridine rings is 1. The van der Waals surface area contributed by atoms with Crippen molar-refractivity contribution in [3.05, 3.63) is 59.7 Å². The van der Waals surface area contributed by atoms with Gasteiger partial charge >= 0.3 is 0 Å². The van der Waals surface area contributed by atoms with Crippen molar-refractivity contribution in [2.45, 2.75) is 45.6 Å². The standard InChI is InChI=1S/C25H31N5O2/c1-17-10-18(2)12-21(11-17)29-25(31)23-15-26-14-22(19-13-28-30(3)16-19)24(23)32-9-7-20-6-4-5-8-27-20/h10-16,20,27H,4-9H2,1-3H3,(H,29,31). The predicted molar refractivity (Wildman–Crippen MR) is 126 cm³/mol. The fourth-order valence-electron chi connectivity index (χ4n) is 4.25. The van der Waals surface area contributed by atoms with Crippen molar-refractivity contribution in [3.63, 3.8) is 0 Å². The molecule has 1 aromatic carbocycles. The number of aromatic nitrogens is 3. The first kappa shape index (κ1) is 22.0. The number of ether oxygens (including phenoxy) is 1.